The second-order valence-electron chi connectivity index (χ2n) is 5.50. The van der Waals surface area contributed by atoms with E-state index in [0.29, 0.717) is 5.82 Å². The van der Waals surface area contributed by atoms with E-state index < -0.39 is 0 Å². The van der Waals surface area contributed by atoms with E-state index in [-0.39, 0.29) is 12.1 Å². The Morgan fingerprint density at radius 1 is 1.36 bits per heavy atom. The fraction of sp³-hybridized carbons (Fsp3) is 0.375. The molecule has 3 rings (SSSR count). The number of para-hydroxylation sites is 1. The summed E-state index contributed by atoms with van der Waals surface area (Å²) in [5.41, 5.74) is 1.21. The van der Waals surface area contributed by atoms with Gasteiger partial charge >= 0.3 is 6.03 Å². The van der Waals surface area contributed by atoms with Crippen LogP contribution in [0.2, 0.25) is 0 Å². The molecular weight excluding hydrogens is 280 g/mol. The summed E-state index contributed by atoms with van der Waals surface area (Å²) in [4.78, 5) is 16.3. The molecule has 1 saturated heterocycles. The number of piperidine rings is 1. The highest BCUT2D eigenvalue weighted by atomic mass is 16.5. The minimum Gasteiger partial charge on any atom is -0.369 e. The Bertz CT molecular complexity index is 600. The standard InChI is InChI=1S/C16H20N4O2/c1-19(16(21)17-15-9-11-22-18-15)14-8-5-10-20(12-14)13-6-3-2-4-7-13/h2-4,6-7,9,11,14H,5,8,10,12H2,1H3,(H,17,18,21)/t14-/m0/s1. The molecule has 0 radical (unpaired) electrons. The first-order chi connectivity index (χ1) is 10.7. The third kappa shape index (κ3) is 3.21. The Hall–Kier alpha value is -2.50. The minimum absolute atomic E-state index is 0.159. The van der Waals surface area contributed by atoms with Crippen molar-refractivity contribution in [3.63, 3.8) is 0 Å². The molecular formula is C16H20N4O2. The van der Waals surface area contributed by atoms with E-state index in [0.717, 1.165) is 25.9 Å². The summed E-state index contributed by atoms with van der Waals surface area (Å²) >= 11 is 0. The van der Waals surface area contributed by atoms with Crippen LogP contribution >= 0.6 is 0 Å². The molecule has 0 bridgehead atoms. The molecule has 2 aromatic rings. The summed E-state index contributed by atoms with van der Waals surface area (Å²) in [6, 6.07) is 12.0. The molecule has 1 atom stereocenters. The maximum atomic E-state index is 12.3. The van der Waals surface area contributed by atoms with Crippen molar-refractivity contribution in [1.82, 2.24) is 10.1 Å². The molecule has 0 spiro atoms. The second kappa shape index (κ2) is 6.51. The van der Waals surface area contributed by atoms with E-state index in [1.165, 1.54) is 12.0 Å². The molecule has 1 aliphatic heterocycles. The van der Waals surface area contributed by atoms with Crippen LogP contribution in [-0.2, 0) is 0 Å². The first-order valence-corrected chi connectivity index (χ1v) is 7.48. The SMILES string of the molecule is CN(C(=O)Nc1ccon1)[C@H]1CCCN(c2ccccc2)C1. The van der Waals surface area contributed by atoms with Crippen LogP contribution in [0.1, 0.15) is 12.8 Å². The molecule has 0 aliphatic carbocycles. The lowest BCUT2D eigenvalue weighted by molar-refractivity contribution is 0.195. The van der Waals surface area contributed by atoms with Gasteiger partial charge in [-0.1, -0.05) is 23.4 Å². The van der Waals surface area contributed by atoms with Gasteiger partial charge in [-0.15, -0.1) is 0 Å². The summed E-state index contributed by atoms with van der Waals surface area (Å²) < 4.78 is 4.72. The van der Waals surface area contributed by atoms with Gasteiger partial charge in [0.25, 0.3) is 0 Å². The number of urea groups is 1. The highest BCUT2D eigenvalue weighted by molar-refractivity contribution is 5.88. The van der Waals surface area contributed by atoms with Crippen molar-refractivity contribution in [3.8, 4) is 0 Å². The maximum Gasteiger partial charge on any atom is 0.323 e. The van der Waals surface area contributed by atoms with Crippen LogP contribution in [0.5, 0.6) is 0 Å². The third-order valence-corrected chi connectivity index (χ3v) is 4.06. The Balaban J connectivity index is 1.62. The average Bonchev–Trinajstić information content (AvgIpc) is 3.08. The normalized spacial score (nSPS) is 18.0. The lowest BCUT2D eigenvalue weighted by Crippen LogP contribution is -2.49. The summed E-state index contributed by atoms with van der Waals surface area (Å²) in [5.74, 6) is 0.438. The average molecular weight is 300 g/mol. The molecule has 2 amide bonds. The molecule has 1 aliphatic rings. The zero-order chi connectivity index (χ0) is 15.4. The van der Waals surface area contributed by atoms with Gasteiger partial charge in [-0.3, -0.25) is 5.32 Å². The number of anilines is 2. The molecule has 6 nitrogen and oxygen atoms in total. The van der Waals surface area contributed by atoms with Crippen LogP contribution < -0.4 is 10.2 Å². The fourth-order valence-corrected chi connectivity index (χ4v) is 2.78. The fourth-order valence-electron chi connectivity index (χ4n) is 2.78. The molecule has 1 aromatic carbocycles. The van der Waals surface area contributed by atoms with Crippen molar-refractivity contribution in [1.29, 1.82) is 0 Å². The molecule has 1 fully saturated rings. The van der Waals surface area contributed by atoms with Gasteiger partial charge in [-0.25, -0.2) is 4.79 Å². The number of nitrogens with one attached hydrogen (secondary N) is 1. The second-order valence-corrected chi connectivity index (χ2v) is 5.50. The van der Waals surface area contributed by atoms with Gasteiger partial charge in [0.1, 0.15) is 6.26 Å². The van der Waals surface area contributed by atoms with E-state index in [9.17, 15) is 4.79 Å². The minimum atomic E-state index is -0.159. The number of hydrogen-bond acceptors (Lipinski definition) is 4. The van der Waals surface area contributed by atoms with Crippen LogP contribution in [-0.4, -0.2) is 42.3 Å². The number of amides is 2. The third-order valence-electron chi connectivity index (χ3n) is 4.06. The maximum absolute atomic E-state index is 12.3. The van der Waals surface area contributed by atoms with Gasteiger partial charge in [-0.05, 0) is 25.0 Å². The van der Waals surface area contributed by atoms with Gasteiger partial charge in [-0.2, -0.15) is 0 Å². The summed E-state index contributed by atoms with van der Waals surface area (Å²) in [6.07, 6.45) is 3.51. The van der Waals surface area contributed by atoms with Crippen LogP contribution in [0.15, 0.2) is 47.2 Å². The van der Waals surface area contributed by atoms with Gasteiger partial charge in [0, 0.05) is 31.9 Å². The Morgan fingerprint density at radius 3 is 2.91 bits per heavy atom. The van der Waals surface area contributed by atoms with Crippen molar-refractivity contribution < 1.29 is 9.32 Å². The van der Waals surface area contributed by atoms with E-state index >= 15 is 0 Å². The molecule has 2 heterocycles. The summed E-state index contributed by atoms with van der Waals surface area (Å²) in [7, 11) is 1.83. The monoisotopic (exact) mass is 300 g/mol. The first-order valence-electron chi connectivity index (χ1n) is 7.48. The summed E-state index contributed by atoms with van der Waals surface area (Å²) in [6.45, 7) is 1.87. The number of nitrogens with zero attached hydrogens (tertiary/aromatic N) is 3. The Morgan fingerprint density at radius 2 is 2.18 bits per heavy atom. The van der Waals surface area contributed by atoms with Crippen LogP contribution in [0, 0.1) is 0 Å². The predicted octanol–water partition coefficient (Wildman–Crippen LogP) is 2.81. The zero-order valence-corrected chi connectivity index (χ0v) is 12.6. The van der Waals surface area contributed by atoms with Gasteiger partial charge in [0.15, 0.2) is 5.82 Å². The molecule has 116 valence electrons. The highest BCUT2D eigenvalue weighted by Gasteiger charge is 2.26. The number of hydrogen-bond donors (Lipinski definition) is 1. The first kappa shape index (κ1) is 14.4. The van der Waals surface area contributed by atoms with Crippen LogP contribution in [0.3, 0.4) is 0 Å². The number of likely N-dealkylation sites (N-methyl/N-ethyl adjacent to an activating group) is 1. The zero-order valence-electron chi connectivity index (χ0n) is 12.6. The van der Waals surface area contributed by atoms with Gasteiger partial charge in [0.2, 0.25) is 0 Å². The number of carbonyl (C=O) groups is 1. The topological polar surface area (TPSA) is 61.6 Å². The molecule has 22 heavy (non-hydrogen) atoms. The van der Waals surface area contributed by atoms with Crippen molar-refractivity contribution in [2.45, 2.75) is 18.9 Å². The van der Waals surface area contributed by atoms with Crippen LogP contribution in [0.4, 0.5) is 16.3 Å². The quantitative estimate of drug-likeness (QED) is 0.947. The van der Waals surface area contributed by atoms with E-state index in [1.54, 1.807) is 11.0 Å². The Kier molecular flexibility index (Phi) is 4.27. The van der Waals surface area contributed by atoms with Crippen molar-refractivity contribution >= 4 is 17.5 Å². The molecule has 0 saturated carbocycles. The summed E-state index contributed by atoms with van der Waals surface area (Å²) in [5, 5.41) is 6.44. The lowest BCUT2D eigenvalue weighted by Gasteiger charge is -2.38. The van der Waals surface area contributed by atoms with Crippen molar-refractivity contribution in [3.05, 3.63) is 42.7 Å². The highest BCUT2D eigenvalue weighted by Crippen LogP contribution is 2.22. The van der Waals surface area contributed by atoms with Gasteiger partial charge < -0.3 is 14.3 Å². The number of aromatic nitrogens is 1. The van der Waals surface area contributed by atoms with Crippen LogP contribution in [0.25, 0.3) is 0 Å². The van der Waals surface area contributed by atoms with Gasteiger partial charge in [0.05, 0.1) is 6.04 Å². The number of carbonyl (C=O) groups excluding carboxylic acids is 1. The molecule has 1 N–H and O–H groups in total. The lowest BCUT2D eigenvalue weighted by atomic mass is 10.0. The number of benzene rings is 1. The van der Waals surface area contributed by atoms with Crippen molar-refractivity contribution in [2.24, 2.45) is 0 Å². The van der Waals surface area contributed by atoms with Crippen molar-refractivity contribution in [2.75, 3.05) is 30.4 Å². The van der Waals surface area contributed by atoms with E-state index in [1.807, 2.05) is 25.2 Å². The Labute approximate surface area is 129 Å². The molecule has 1 aromatic heterocycles. The van der Waals surface area contributed by atoms with E-state index in [4.69, 9.17) is 4.52 Å². The number of rotatable bonds is 3. The predicted molar refractivity (Wildman–Crippen MR) is 85.0 cm³/mol. The largest absolute Gasteiger partial charge is 0.369 e. The molecule has 0 unspecified atom stereocenters. The molecule has 6 heteroatoms. The smallest absolute Gasteiger partial charge is 0.323 e. The van der Waals surface area contributed by atoms with E-state index in [2.05, 4.69) is 27.5 Å².